The van der Waals surface area contributed by atoms with Crippen LogP contribution in [0.1, 0.15) is 49.8 Å². The van der Waals surface area contributed by atoms with Crippen LogP contribution >= 0.6 is 11.8 Å². The molecule has 3 N–H and O–H groups in total. The van der Waals surface area contributed by atoms with Crippen molar-refractivity contribution in [3.8, 4) is 16.9 Å². The Morgan fingerprint density at radius 2 is 1.40 bits per heavy atom. The fourth-order valence-electron chi connectivity index (χ4n) is 5.81. The minimum atomic E-state index is -0.614. The summed E-state index contributed by atoms with van der Waals surface area (Å²) in [6.45, 7) is 6.07. The van der Waals surface area contributed by atoms with E-state index in [1.165, 1.54) is 4.91 Å². The third kappa shape index (κ3) is 5.31. The van der Waals surface area contributed by atoms with Gasteiger partial charge in [-0.1, -0.05) is 110 Å². The summed E-state index contributed by atoms with van der Waals surface area (Å²) in [7, 11) is 0. The molecule has 0 spiro atoms. The number of phenols is 1. The molecule has 212 valence electrons. The molecule has 0 bridgehead atoms. The van der Waals surface area contributed by atoms with E-state index >= 15 is 0 Å². The number of rotatable bonds is 8. The number of allylic oxidation sites excluding steroid dienone is 5. The van der Waals surface area contributed by atoms with Gasteiger partial charge in [0.1, 0.15) is 11.5 Å². The molecule has 0 aliphatic carbocycles. The lowest BCUT2D eigenvalue weighted by molar-refractivity contribution is 0.337. The summed E-state index contributed by atoms with van der Waals surface area (Å²) < 4.78 is 0. The zero-order valence-electron chi connectivity index (χ0n) is 24.4. The van der Waals surface area contributed by atoms with Crippen LogP contribution in [0.5, 0.6) is 5.75 Å². The van der Waals surface area contributed by atoms with E-state index in [-0.39, 0.29) is 17.3 Å². The molecule has 5 aromatic carbocycles. The number of phenolic OH excluding ortho intramolecular Hbond substituents is 1. The van der Waals surface area contributed by atoms with Gasteiger partial charge in [0.05, 0.1) is 0 Å². The van der Waals surface area contributed by atoms with Crippen LogP contribution in [0.2, 0.25) is 0 Å². The number of aliphatic hydroxyl groups is 2. The van der Waals surface area contributed by atoms with Crippen LogP contribution in [0.3, 0.4) is 0 Å². The normalized spacial score (nSPS) is 13.8. The molecule has 5 aromatic rings. The van der Waals surface area contributed by atoms with Gasteiger partial charge in [-0.25, -0.2) is 0 Å². The van der Waals surface area contributed by atoms with Crippen molar-refractivity contribution in [2.24, 2.45) is 0 Å². The maximum atomic E-state index is 11.7. The molecular weight excluding hydrogens is 536 g/mol. The Labute approximate surface area is 252 Å². The van der Waals surface area contributed by atoms with Gasteiger partial charge >= 0.3 is 0 Å². The van der Waals surface area contributed by atoms with Crippen LogP contribution in [-0.2, 0) is 0 Å². The smallest absolute Gasteiger partial charge is 0.161 e. The Kier molecular flexibility index (Phi) is 8.75. The molecule has 1 unspecified atom stereocenters. The van der Waals surface area contributed by atoms with Gasteiger partial charge in [0, 0.05) is 22.4 Å². The number of hydrogen-bond acceptors (Lipinski definition) is 4. The number of hydrogen-bond donors (Lipinski definition) is 3. The van der Waals surface area contributed by atoms with E-state index in [0.717, 1.165) is 43.8 Å². The topological polar surface area (TPSA) is 60.7 Å². The van der Waals surface area contributed by atoms with Gasteiger partial charge < -0.3 is 15.3 Å². The van der Waals surface area contributed by atoms with E-state index < -0.39 is 5.92 Å². The van der Waals surface area contributed by atoms with Crippen LogP contribution in [0.25, 0.3) is 44.0 Å². The summed E-state index contributed by atoms with van der Waals surface area (Å²) in [5.41, 5.74) is 5.27. The Hall–Kier alpha value is -4.41. The van der Waals surface area contributed by atoms with Crippen LogP contribution in [-0.4, -0.2) is 21.6 Å². The fraction of sp³-hybridized carbons (Fsp3) is 0.158. The number of aromatic hydroxyl groups is 1. The molecule has 0 heterocycles. The minimum absolute atomic E-state index is 0.129. The molecule has 5 rings (SSSR count). The third-order valence-corrected chi connectivity index (χ3v) is 8.79. The summed E-state index contributed by atoms with van der Waals surface area (Å²) in [6.07, 6.45) is 6.70. The molecule has 4 heteroatoms. The molecule has 0 radical (unpaired) electrons. The highest BCUT2D eigenvalue weighted by Gasteiger charge is 2.26. The first kappa shape index (κ1) is 29.1. The summed E-state index contributed by atoms with van der Waals surface area (Å²) in [5, 5.41) is 38.4. The highest BCUT2D eigenvalue weighted by atomic mass is 32.2. The Balaban J connectivity index is 1.72. The highest BCUT2D eigenvalue weighted by molar-refractivity contribution is 8.02. The standard InChI is InChI=1S/C38H36O3S/c1-5-14-28(24(3)42-4)31-22-21-26(23-34(31)25-15-8-7-9-16-25)36(39)38(41)27(6-2)35-32-19-12-10-17-29(32)30-18-11-13-20-33(30)37(35)40/h5,7-23,27,39-41H,6H2,1-4H3/b14-5-,28-24+,38-36-. The van der Waals surface area contributed by atoms with E-state index in [1.54, 1.807) is 11.8 Å². The van der Waals surface area contributed by atoms with Crippen LogP contribution in [0.15, 0.2) is 120 Å². The number of thioether (sulfide) groups is 1. The zero-order valence-corrected chi connectivity index (χ0v) is 25.2. The Morgan fingerprint density at radius 3 is 2.02 bits per heavy atom. The number of aliphatic hydroxyl groups excluding tert-OH is 2. The molecule has 1 atom stereocenters. The van der Waals surface area contributed by atoms with E-state index in [0.29, 0.717) is 17.5 Å². The van der Waals surface area contributed by atoms with Crippen LogP contribution < -0.4 is 0 Å². The Bertz CT molecular complexity index is 1850. The summed E-state index contributed by atoms with van der Waals surface area (Å²) in [5.74, 6) is -0.842. The van der Waals surface area contributed by atoms with Crippen molar-refractivity contribution in [2.75, 3.05) is 6.26 Å². The van der Waals surface area contributed by atoms with Gasteiger partial charge in [-0.05, 0) is 75.9 Å². The summed E-state index contributed by atoms with van der Waals surface area (Å²) >= 11 is 1.70. The molecule has 0 amide bonds. The van der Waals surface area contributed by atoms with E-state index in [2.05, 4.69) is 31.4 Å². The van der Waals surface area contributed by atoms with Crippen molar-refractivity contribution >= 4 is 44.6 Å². The predicted molar refractivity (Wildman–Crippen MR) is 181 cm³/mol. The van der Waals surface area contributed by atoms with Gasteiger partial charge in [-0.3, -0.25) is 0 Å². The zero-order chi connectivity index (χ0) is 29.8. The first-order chi connectivity index (χ1) is 20.4. The molecule has 0 saturated carbocycles. The van der Waals surface area contributed by atoms with Crippen molar-refractivity contribution in [1.29, 1.82) is 0 Å². The van der Waals surface area contributed by atoms with E-state index in [9.17, 15) is 15.3 Å². The average molecular weight is 573 g/mol. The summed E-state index contributed by atoms with van der Waals surface area (Å²) in [4.78, 5) is 1.19. The highest BCUT2D eigenvalue weighted by Crippen LogP contribution is 2.45. The van der Waals surface area contributed by atoms with Gasteiger partial charge in [0.2, 0.25) is 0 Å². The van der Waals surface area contributed by atoms with E-state index in [1.807, 2.05) is 105 Å². The molecule has 0 aromatic heterocycles. The van der Waals surface area contributed by atoms with E-state index in [4.69, 9.17) is 0 Å². The van der Waals surface area contributed by atoms with Crippen molar-refractivity contribution in [1.82, 2.24) is 0 Å². The molecule has 0 saturated heterocycles. The largest absolute Gasteiger partial charge is 0.508 e. The van der Waals surface area contributed by atoms with Gasteiger partial charge in [0.15, 0.2) is 5.76 Å². The van der Waals surface area contributed by atoms with Gasteiger partial charge in [-0.2, -0.15) is 0 Å². The van der Waals surface area contributed by atoms with Crippen molar-refractivity contribution in [3.05, 3.63) is 137 Å². The van der Waals surface area contributed by atoms with Crippen LogP contribution in [0.4, 0.5) is 0 Å². The first-order valence-electron chi connectivity index (χ1n) is 14.2. The molecule has 0 aliphatic rings. The summed E-state index contributed by atoms with van der Waals surface area (Å²) in [6, 6.07) is 31.6. The average Bonchev–Trinajstić information content (AvgIpc) is 3.04. The molecular formula is C38H36O3S. The second-order valence-electron chi connectivity index (χ2n) is 10.3. The monoisotopic (exact) mass is 572 g/mol. The lowest BCUT2D eigenvalue weighted by atomic mass is 9.85. The van der Waals surface area contributed by atoms with Crippen LogP contribution in [0, 0.1) is 0 Å². The number of fused-ring (bicyclic) bond motifs is 3. The van der Waals surface area contributed by atoms with Crippen molar-refractivity contribution < 1.29 is 15.3 Å². The van der Waals surface area contributed by atoms with Crippen molar-refractivity contribution in [3.63, 3.8) is 0 Å². The minimum Gasteiger partial charge on any atom is -0.508 e. The second kappa shape index (κ2) is 12.6. The maximum absolute atomic E-state index is 11.7. The second-order valence-corrected chi connectivity index (χ2v) is 11.4. The molecule has 42 heavy (non-hydrogen) atoms. The first-order valence-corrected chi connectivity index (χ1v) is 15.5. The van der Waals surface area contributed by atoms with Gasteiger partial charge in [-0.15, -0.1) is 11.8 Å². The van der Waals surface area contributed by atoms with Gasteiger partial charge in [0.25, 0.3) is 0 Å². The predicted octanol–water partition coefficient (Wildman–Crippen LogP) is 11.0. The Morgan fingerprint density at radius 1 is 0.810 bits per heavy atom. The quantitative estimate of drug-likeness (QED) is 0.0983. The molecule has 0 fully saturated rings. The van der Waals surface area contributed by atoms with Crippen molar-refractivity contribution in [2.45, 2.75) is 33.1 Å². The lowest BCUT2D eigenvalue weighted by Gasteiger charge is -2.22. The maximum Gasteiger partial charge on any atom is 0.161 e. The lowest BCUT2D eigenvalue weighted by Crippen LogP contribution is -2.06. The fourth-order valence-corrected chi connectivity index (χ4v) is 6.20. The third-order valence-electron chi connectivity index (χ3n) is 7.96. The number of benzene rings is 5. The SMILES string of the molecule is C/C=C\C(=C(\C)SC)c1ccc(/C(O)=C(/O)C(CC)c2c(O)c3ccccc3c3ccccc23)cc1-c1ccccc1. The molecule has 0 aliphatic heterocycles. The molecule has 3 nitrogen and oxygen atoms in total.